The first-order valence-electron chi connectivity index (χ1n) is 3.78. The van der Waals surface area contributed by atoms with E-state index in [0.29, 0.717) is 0 Å². The van der Waals surface area contributed by atoms with Crippen molar-refractivity contribution in [2.24, 2.45) is 5.73 Å². The van der Waals surface area contributed by atoms with Gasteiger partial charge in [-0.05, 0) is 24.1 Å². The molecular weight excluding hydrogens is 174 g/mol. The lowest BCUT2D eigenvalue weighted by Crippen LogP contribution is -2.07. The van der Waals surface area contributed by atoms with E-state index >= 15 is 0 Å². The van der Waals surface area contributed by atoms with Crippen LogP contribution in [0.4, 0.5) is 0 Å². The van der Waals surface area contributed by atoms with E-state index in [1.54, 1.807) is 18.2 Å². The number of hydrogen-bond acceptors (Lipinski definition) is 2. The molecule has 0 fully saturated rings. The Morgan fingerprint density at radius 3 is 2.67 bits per heavy atom. The molecule has 2 nitrogen and oxygen atoms in total. The van der Waals surface area contributed by atoms with E-state index < -0.39 is 0 Å². The average molecular weight is 188 g/mol. The van der Waals surface area contributed by atoms with E-state index in [4.69, 9.17) is 10.8 Å². The third-order valence-electron chi connectivity index (χ3n) is 1.74. The zero-order valence-corrected chi connectivity index (χ0v) is 7.84. The van der Waals surface area contributed by atoms with Gasteiger partial charge in [0.2, 0.25) is 0 Å². The van der Waals surface area contributed by atoms with Crippen LogP contribution in [0.3, 0.4) is 0 Å². The molecule has 1 rings (SSSR count). The molecule has 0 amide bonds. The summed E-state index contributed by atoms with van der Waals surface area (Å²) in [4.78, 5) is 0. The highest BCUT2D eigenvalue weighted by molar-refractivity contribution is 5.85. The molecule has 3 N–H and O–H groups in total. The molecule has 0 saturated carbocycles. The molecule has 3 heteroatoms. The molecule has 12 heavy (non-hydrogen) atoms. The minimum absolute atomic E-state index is 0. The normalized spacial score (nSPS) is 11.8. The number of rotatable bonds is 2. The second-order valence-corrected chi connectivity index (χ2v) is 2.61. The fraction of sp³-hybridized carbons (Fsp3) is 0.333. The number of benzene rings is 1. The minimum atomic E-state index is 0. The molecule has 0 aliphatic carbocycles. The highest BCUT2D eigenvalue weighted by Crippen LogP contribution is 2.17. The maximum Gasteiger partial charge on any atom is 0.115 e. The van der Waals surface area contributed by atoms with Crippen LogP contribution in [0.25, 0.3) is 0 Å². The van der Waals surface area contributed by atoms with Gasteiger partial charge in [0.05, 0.1) is 0 Å². The maximum absolute atomic E-state index is 9.10. The molecule has 0 spiro atoms. The smallest absolute Gasteiger partial charge is 0.115 e. The predicted octanol–water partition coefficient (Wildman–Crippen LogP) is 2.22. The minimum Gasteiger partial charge on any atom is -0.508 e. The maximum atomic E-state index is 9.10. The topological polar surface area (TPSA) is 46.2 Å². The highest BCUT2D eigenvalue weighted by atomic mass is 35.5. The Morgan fingerprint density at radius 1 is 1.50 bits per heavy atom. The molecule has 1 aromatic rings. The van der Waals surface area contributed by atoms with Crippen molar-refractivity contribution in [3.05, 3.63) is 29.8 Å². The SMILES string of the molecule is CCC(N)c1cccc(O)c1.Cl. The van der Waals surface area contributed by atoms with E-state index in [1.807, 2.05) is 13.0 Å². The summed E-state index contributed by atoms with van der Waals surface area (Å²) in [5.41, 5.74) is 6.75. The number of phenolic OH excluding ortho intramolecular Hbond substituents is 1. The Labute approximate surface area is 78.8 Å². The molecule has 0 heterocycles. The van der Waals surface area contributed by atoms with Crippen molar-refractivity contribution in [2.75, 3.05) is 0 Å². The number of halogens is 1. The summed E-state index contributed by atoms with van der Waals surface area (Å²) in [5.74, 6) is 0.284. The Balaban J connectivity index is 0.00000121. The third kappa shape index (κ3) is 2.72. The Bertz CT molecular complexity index is 240. The van der Waals surface area contributed by atoms with Gasteiger partial charge in [0, 0.05) is 6.04 Å². The van der Waals surface area contributed by atoms with Gasteiger partial charge in [0.1, 0.15) is 5.75 Å². The molecule has 0 saturated heterocycles. The van der Waals surface area contributed by atoms with Crippen LogP contribution in [0.1, 0.15) is 24.9 Å². The van der Waals surface area contributed by atoms with E-state index in [1.165, 1.54) is 0 Å². The molecule has 0 bridgehead atoms. The molecule has 1 unspecified atom stereocenters. The van der Waals surface area contributed by atoms with E-state index in [0.717, 1.165) is 12.0 Å². The van der Waals surface area contributed by atoms with E-state index in [-0.39, 0.29) is 24.2 Å². The zero-order chi connectivity index (χ0) is 8.27. The molecule has 0 aromatic heterocycles. The quantitative estimate of drug-likeness (QED) is 0.746. The largest absolute Gasteiger partial charge is 0.508 e. The van der Waals surface area contributed by atoms with E-state index in [9.17, 15) is 0 Å². The molecular formula is C9H14ClNO. The van der Waals surface area contributed by atoms with Crippen molar-refractivity contribution < 1.29 is 5.11 Å². The molecule has 68 valence electrons. The van der Waals surface area contributed by atoms with Gasteiger partial charge in [-0.2, -0.15) is 0 Å². The Morgan fingerprint density at radius 2 is 2.17 bits per heavy atom. The van der Waals surface area contributed by atoms with Gasteiger partial charge >= 0.3 is 0 Å². The summed E-state index contributed by atoms with van der Waals surface area (Å²) >= 11 is 0. The monoisotopic (exact) mass is 187 g/mol. The summed E-state index contributed by atoms with van der Waals surface area (Å²) in [6.07, 6.45) is 0.892. The van der Waals surface area contributed by atoms with Crippen LogP contribution in [0, 0.1) is 0 Å². The zero-order valence-electron chi connectivity index (χ0n) is 7.03. The standard InChI is InChI=1S/C9H13NO.ClH/c1-2-9(10)7-4-3-5-8(11)6-7;/h3-6,9,11H,2,10H2,1H3;1H. The van der Waals surface area contributed by atoms with Crippen LogP contribution in [-0.2, 0) is 0 Å². The molecule has 1 atom stereocenters. The highest BCUT2D eigenvalue weighted by Gasteiger charge is 2.01. The molecule has 0 radical (unpaired) electrons. The molecule has 0 aliphatic heterocycles. The summed E-state index contributed by atoms with van der Waals surface area (Å²) in [6.45, 7) is 2.02. The van der Waals surface area contributed by atoms with Gasteiger partial charge in [-0.1, -0.05) is 19.1 Å². The summed E-state index contributed by atoms with van der Waals surface area (Å²) in [7, 11) is 0. The van der Waals surface area contributed by atoms with Gasteiger partial charge in [-0.15, -0.1) is 12.4 Å². The van der Waals surface area contributed by atoms with Crippen molar-refractivity contribution in [3.8, 4) is 5.75 Å². The number of nitrogens with two attached hydrogens (primary N) is 1. The summed E-state index contributed by atoms with van der Waals surface area (Å²) < 4.78 is 0. The summed E-state index contributed by atoms with van der Waals surface area (Å²) in [5, 5.41) is 9.10. The average Bonchev–Trinajstić information content (AvgIpc) is 2.03. The van der Waals surface area contributed by atoms with Crippen molar-refractivity contribution in [1.29, 1.82) is 0 Å². The lowest BCUT2D eigenvalue weighted by Gasteiger charge is -2.08. The van der Waals surface area contributed by atoms with Crippen molar-refractivity contribution in [1.82, 2.24) is 0 Å². The van der Waals surface area contributed by atoms with Crippen molar-refractivity contribution in [3.63, 3.8) is 0 Å². The fourth-order valence-corrected chi connectivity index (χ4v) is 0.991. The number of hydrogen-bond donors (Lipinski definition) is 2. The lowest BCUT2D eigenvalue weighted by molar-refractivity contribution is 0.473. The van der Waals surface area contributed by atoms with Crippen molar-refractivity contribution >= 4 is 12.4 Å². The van der Waals surface area contributed by atoms with Gasteiger partial charge in [-0.3, -0.25) is 0 Å². The van der Waals surface area contributed by atoms with Crippen LogP contribution in [0.2, 0.25) is 0 Å². The van der Waals surface area contributed by atoms with Gasteiger partial charge in [0.15, 0.2) is 0 Å². The number of phenols is 1. The van der Waals surface area contributed by atoms with Gasteiger partial charge < -0.3 is 10.8 Å². The third-order valence-corrected chi connectivity index (χ3v) is 1.74. The lowest BCUT2D eigenvalue weighted by atomic mass is 10.1. The first kappa shape index (κ1) is 11.3. The molecule has 1 aromatic carbocycles. The van der Waals surface area contributed by atoms with Crippen LogP contribution in [0.15, 0.2) is 24.3 Å². The van der Waals surface area contributed by atoms with Crippen molar-refractivity contribution in [2.45, 2.75) is 19.4 Å². The van der Waals surface area contributed by atoms with Crippen LogP contribution in [0.5, 0.6) is 5.75 Å². The summed E-state index contributed by atoms with van der Waals surface area (Å²) in [6, 6.07) is 7.12. The second-order valence-electron chi connectivity index (χ2n) is 2.61. The first-order valence-corrected chi connectivity index (χ1v) is 3.78. The second kappa shape index (κ2) is 5.01. The van der Waals surface area contributed by atoms with E-state index in [2.05, 4.69) is 0 Å². The van der Waals surface area contributed by atoms with Crippen LogP contribution in [-0.4, -0.2) is 5.11 Å². The number of aromatic hydroxyl groups is 1. The fourth-order valence-electron chi connectivity index (χ4n) is 0.991. The predicted molar refractivity (Wildman–Crippen MR) is 52.6 cm³/mol. The van der Waals surface area contributed by atoms with Gasteiger partial charge in [0.25, 0.3) is 0 Å². The van der Waals surface area contributed by atoms with Crippen LogP contribution < -0.4 is 5.73 Å². The Kier molecular flexibility index (Phi) is 4.71. The Hall–Kier alpha value is -0.730. The first-order chi connectivity index (χ1) is 5.24. The van der Waals surface area contributed by atoms with Gasteiger partial charge in [-0.25, -0.2) is 0 Å². The van der Waals surface area contributed by atoms with Crippen LogP contribution >= 0.6 is 12.4 Å². The molecule has 0 aliphatic rings.